The second-order valence-corrected chi connectivity index (χ2v) is 8.19. The highest BCUT2D eigenvalue weighted by molar-refractivity contribution is 7.12. The van der Waals surface area contributed by atoms with Gasteiger partial charge >= 0.3 is 0 Å². The molecular weight excluding hydrogens is 276 g/mol. The minimum absolute atomic E-state index is 0.272. The van der Waals surface area contributed by atoms with E-state index in [1.165, 1.54) is 15.4 Å². The van der Waals surface area contributed by atoms with E-state index in [2.05, 4.69) is 70.3 Å². The monoisotopic (exact) mass is 302 g/mol. The van der Waals surface area contributed by atoms with Crippen molar-refractivity contribution in [3.05, 3.63) is 40.2 Å². The Morgan fingerprint density at radius 2 is 1.81 bits per heavy atom. The highest BCUT2D eigenvalue weighted by Gasteiger charge is 2.18. The number of nitrogens with one attached hydrogen (secondary N) is 1. The smallest absolute Gasteiger partial charge is 0.0941 e. The first-order chi connectivity index (χ1) is 9.85. The fourth-order valence-corrected chi connectivity index (χ4v) is 3.51. The van der Waals surface area contributed by atoms with Crippen LogP contribution in [0.4, 0.5) is 0 Å². The molecule has 1 aromatic carbocycles. The van der Waals surface area contributed by atoms with Crippen molar-refractivity contribution in [2.45, 2.75) is 53.6 Å². The van der Waals surface area contributed by atoms with E-state index in [0.29, 0.717) is 6.04 Å². The topological polar surface area (TPSA) is 24.9 Å². The van der Waals surface area contributed by atoms with E-state index in [4.69, 9.17) is 4.98 Å². The van der Waals surface area contributed by atoms with Crippen LogP contribution in [0.3, 0.4) is 0 Å². The van der Waals surface area contributed by atoms with Crippen molar-refractivity contribution < 1.29 is 0 Å². The van der Waals surface area contributed by atoms with Gasteiger partial charge in [-0.25, -0.2) is 4.98 Å². The molecule has 0 unspecified atom stereocenters. The van der Waals surface area contributed by atoms with E-state index in [0.717, 1.165) is 18.7 Å². The zero-order valence-electron chi connectivity index (χ0n) is 13.7. The molecule has 1 heterocycles. The molecule has 0 fully saturated rings. The number of nitrogens with zero attached hydrogens (tertiary/aromatic N) is 1. The van der Waals surface area contributed by atoms with Gasteiger partial charge in [0.05, 0.1) is 10.7 Å². The highest BCUT2D eigenvalue weighted by Crippen LogP contribution is 2.31. The molecule has 2 rings (SSSR count). The van der Waals surface area contributed by atoms with Crippen molar-refractivity contribution in [2.24, 2.45) is 5.41 Å². The molecule has 0 atom stereocenters. The zero-order chi connectivity index (χ0) is 15.5. The summed E-state index contributed by atoms with van der Waals surface area (Å²) in [5.74, 6) is 0. The predicted molar refractivity (Wildman–Crippen MR) is 92.7 cm³/mol. The van der Waals surface area contributed by atoms with Gasteiger partial charge in [-0.2, -0.15) is 0 Å². The van der Waals surface area contributed by atoms with Gasteiger partial charge in [0.25, 0.3) is 0 Å². The van der Waals surface area contributed by atoms with Crippen LogP contribution in [0.1, 0.15) is 44.5 Å². The Bertz CT molecular complexity index is 565. The Morgan fingerprint density at radius 1 is 1.14 bits per heavy atom. The fraction of sp³-hybridized carbons (Fsp3) is 0.500. The van der Waals surface area contributed by atoms with Crippen LogP contribution in [-0.4, -0.2) is 11.0 Å². The standard InChI is InChI=1S/C18H26N2S/c1-13(2)19-12-15-17(14-9-7-6-8-10-14)20-16(21-15)11-18(3,4)5/h6-10,13,19H,11-12H2,1-5H3. The van der Waals surface area contributed by atoms with Crippen LogP contribution in [0.25, 0.3) is 11.3 Å². The molecule has 0 aliphatic carbocycles. The van der Waals surface area contributed by atoms with Crippen LogP contribution in [0, 0.1) is 5.41 Å². The van der Waals surface area contributed by atoms with Crippen molar-refractivity contribution >= 4 is 11.3 Å². The van der Waals surface area contributed by atoms with Crippen LogP contribution in [0.5, 0.6) is 0 Å². The minimum Gasteiger partial charge on any atom is -0.310 e. The third kappa shape index (κ3) is 4.94. The number of hydrogen-bond donors (Lipinski definition) is 1. The normalized spacial score (nSPS) is 12.1. The van der Waals surface area contributed by atoms with Crippen LogP contribution >= 0.6 is 11.3 Å². The van der Waals surface area contributed by atoms with Crippen molar-refractivity contribution in [1.29, 1.82) is 0 Å². The van der Waals surface area contributed by atoms with Crippen molar-refractivity contribution in [2.75, 3.05) is 0 Å². The number of aromatic nitrogens is 1. The molecule has 1 aromatic heterocycles. The highest BCUT2D eigenvalue weighted by atomic mass is 32.1. The van der Waals surface area contributed by atoms with Crippen molar-refractivity contribution in [1.82, 2.24) is 10.3 Å². The first-order valence-electron chi connectivity index (χ1n) is 7.62. The molecule has 2 nitrogen and oxygen atoms in total. The van der Waals surface area contributed by atoms with E-state index >= 15 is 0 Å². The van der Waals surface area contributed by atoms with Crippen LogP contribution in [-0.2, 0) is 13.0 Å². The number of thiazole rings is 1. The first-order valence-corrected chi connectivity index (χ1v) is 8.44. The average Bonchev–Trinajstić information content (AvgIpc) is 2.78. The maximum atomic E-state index is 4.92. The molecule has 1 N–H and O–H groups in total. The first kappa shape index (κ1) is 16.2. The Balaban J connectivity index is 2.31. The second-order valence-electron chi connectivity index (χ2n) is 7.02. The molecule has 0 saturated carbocycles. The summed E-state index contributed by atoms with van der Waals surface area (Å²) in [6, 6.07) is 11.0. The lowest BCUT2D eigenvalue weighted by Gasteiger charge is -2.15. The molecule has 21 heavy (non-hydrogen) atoms. The molecule has 2 aromatic rings. The molecule has 0 aliphatic rings. The van der Waals surface area contributed by atoms with E-state index in [-0.39, 0.29) is 5.41 Å². The van der Waals surface area contributed by atoms with E-state index in [9.17, 15) is 0 Å². The van der Waals surface area contributed by atoms with Gasteiger partial charge in [0.1, 0.15) is 0 Å². The summed E-state index contributed by atoms with van der Waals surface area (Å²) in [5, 5.41) is 4.76. The van der Waals surface area contributed by atoms with Crippen LogP contribution in [0.2, 0.25) is 0 Å². The largest absolute Gasteiger partial charge is 0.310 e. The van der Waals surface area contributed by atoms with Gasteiger partial charge in [0.15, 0.2) is 0 Å². The molecule has 3 heteroatoms. The molecule has 0 saturated heterocycles. The third-order valence-electron chi connectivity index (χ3n) is 3.14. The van der Waals surface area contributed by atoms with Gasteiger partial charge < -0.3 is 5.32 Å². The lowest BCUT2D eigenvalue weighted by molar-refractivity contribution is 0.410. The molecule has 114 valence electrons. The summed E-state index contributed by atoms with van der Waals surface area (Å²) >= 11 is 1.85. The predicted octanol–water partition coefficient (Wildman–Crippen LogP) is 4.90. The molecule has 0 bridgehead atoms. The summed E-state index contributed by atoms with van der Waals surface area (Å²) in [7, 11) is 0. The molecule has 0 amide bonds. The van der Waals surface area contributed by atoms with Crippen LogP contribution in [0.15, 0.2) is 30.3 Å². The van der Waals surface area contributed by atoms with Gasteiger partial charge in [-0.3, -0.25) is 0 Å². The maximum absolute atomic E-state index is 4.92. The van der Waals surface area contributed by atoms with Gasteiger partial charge in [-0.05, 0) is 5.41 Å². The summed E-state index contributed by atoms with van der Waals surface area (Å²) in [6.07, 6.45) is 1.03. The second kappa shape index (κ2) is 6.71. The lowest BCUT2D eigenvalue weighted by Crippen LogP contribution is -2.21. The minimum atomic E-state index is 0.272. The summed E-state index contributed by atoms with van der Waals surface area (Å²) in [5.41, 5.74) is 2.64. The van der Waals surface area contributed by atoms with E-state index in [1.54, 1.807) is 0 Å². The Labute approximate surface area is 132 Å². The maximum Gasteiger partial charge on any atom is 0.0941 e. The quantitative estimate of drug-likeness (QED) is 0.850. The SMILES string of the molecule is CC(C)NCc1sc(CC(C)(C)C)nc1-c1ccccc1. The molecular formula is C18H26N2S. The lowest BCUT2D eigenvalue weighted by atomic mass is 9.93. The van der Waals surface area contributed by atoms with E-state index < -0.39 is 0 Å². The Kier molecular flexibility index (Phi) is 5.17. The van der Waals surface area contributed by atoms with Gasteiger partial charge in [-0.1, -0.05) is 65.0 Å². The number of rotatable bonds is 5. The van der Waals surface area contributed by atoms with Gasteiger partial charge in [0, 0.05) is 29.4 Å². The Hall–Kier alpha value is -1.19. The van der Waals surface area contributed by atoms with Gasteiger partial charge in [0.2, 0.25) is 0 Å². The average molecular weight is 302 g/mol. The summed E-state index contributed by atoms with van der Waals surface area (Å²) < 4.78 is 0. The van der Waals surface area contributed by atoms with Crippen LogP contribution < -0.4 is 5.32 Å². The molecule has 0 radical (unpaired) electrons. The number of hydrogen-bond acceptors (Lipinski definition) is 3. The zero-order valence-corrected chi connectivity index (χ0v) is 14.6. The van der Waals surface area contributed by atoms with Gasteiger partial charge in [-0.15, -0.1) is 11.3 Å². The molecule has 0 aliphatic heterocycles. The fourth-order valence-electron chi connectivity index (χ4n) is 2.17. The molecule has 0 spiro atoms. The van der Waals surface area contributed by atoms with E-state index in [1.807, 2.05) is 11.3 Å². The van der Waals surface area contributed by atoms with Crippen molar-refractivity contribution in [3.63, 3.8) is 0 Å². The van der Waals surface area contributed by atoms with Crippen molar-refractivity contribution in [3.8, 4) is 11.3 Å². The Morgan fingerprint density at radius 3 is 2.38 bits per heavy atom. The number of benzene rings is 1. The summed E-state index contributed by atoms with van der Waals surface area (Å²) in [6.45, 7) is 12.1. The summed E-state index contributed by atoms with van der Waals surface area (Å²) in [4.78, 5) is 6.26. The third-order valence-corrected chi connectivity index (χ3v) is 4.20.